The second-order valence-electron chi connectivity index (χ2n) is 8.27. The van der Waals surface area contributed by atoms with Gasteiger partial charge in [0.25, 0.3) is 0 Å². The maximum atomic E-state index is 12.4. The molecule has 0 radical (unpaired) electrons. The van der Waals surface area contributed by atoms with Crippen LogP contribution in [0.15, 0.2) is 24.3 Å². The smallest absolute Gasteiger partial charge is 0.410 e. The fourth-order valence-electron chi connectivity index (χ4n) is 2.93. The molecule has 0 spiro atoms. The van der Waals surface area contributed by atoms with E-state index in [1.807, 2.05) is 32.9 Å². The Bertz CT molecular complexity index is 616. The first-order chi connectivity index (χ1) is 12.2. The molecule has 2 rings (SSSR count). The predicted octanol–water partition coefficient (Wildman–Crippen LogP) is 4.50. The zero-order chi connectivity index (χ0) is 19.3. The molecular formula is C21H31NO4. The van der Waals surface area contributed by atoms with Crippen molar-refractivity contribution in [3.8, 4) is 0 Å². The monoisotopic (exact) mass is 361 g/mol. The van der Waals surface area contributed by atoms with Crippen molar-refractivity contribution < 1.29 is 19.1 Å². The summed E-state index contributed by atoms with van der Waals surface area (Å²) in [5.74, 6) is -0.0509. The van der Waals surface area contributed by atoms with Crippen LogP contribution in [0.25, 0.3) is 0 Å². The lowest BCUT2D eigenvalue weighted by molar-refractivity contribution is -0.151. The molecule has 5 nitrogen and oxygen atoms in total. The molecule has 26 heavy (non-hydrogen) atoms. The van der Waals surface area contributed by atoms with Gasteiger partial charge in [-0.05, 0) is 50.7 Å². The third-order valence-electron chi connectivity index (χ3n) is 4.43. The molecular weight excluding hydrogens is 330 g/mol. The quantitative estimate of drug-likeness (QED) is 0.741. The lowest BCUT2D eigenvalue weighted by Gasteiger charge is -2.33. The van der Waals surface area contributed by atoms with Crippen LogP contribution in [-0.4, -0.2) is 35.7 Å². The van der Waals surface area contributed by atoms with E-state index >= 15 is 0 Å². The third kappa shape index (κ3) is 6.04. The SMILES string of the molecule is CC(C)c1ccc(COC(=O)[C@H]2CCCN(C(=O)OC(C)(C)C)C2)cc1. The number of likely N-dealkylation sites (tertiary alicyclic amines) is 1. The number of amides is 1. The van der Waals surface area contributed by atoms with Crippen LogP contribution in [0.3, 0.4) is 0 Å². The highest BCUT2D eigenvalue weighted by atomic mass is 16.6. The van der Waals surface area contributed by atoms with Crippen LogP contribution >= 0.6 is 0 Å². The van der Waals surface area contributed by atoms with E-state index in [0.29, 0.717) is 19.0 Å². The molecule has 0 aliphatic carbocycles. The largest absolute Gasteiger partial charge is 0.461 e. The van der Waals surface area contributed by atoms with E-state index in [9.17, 15) is 9.59 Å². The van der Waals surface area contributed by atoms with Crippen LogP contribution in [0.5, 0.6) is 0 Å². The van der Waals surface area contributed by atoms with Crippen molar-refractivity contribution in [3.05, 3.63) is 35.4 Å². The number of carbonyl (C=O) groups excluding carboxylic acids is 2. The summed E-state index contributed by atoms with van der Waals surface area (Å²) in [6.07, 6.45) is 1.16. The zero-order valence-corrected chi connectivity index (χ0v) is 16.6. The van der Waals surface area contributed by atoms with E-state index in [1.54, 1.807) is 4.90 Å². The first-order valence-electron chi connectivity index (χ1n) is 9.39. The predicted molar refractivity (Wildman–Crippen MR) is 101 cm³/mol. The summed E-state index contributed by atoms with van der Waals surface area (Å²) in [4.78, 5) is 26.2. The number of hydrogen-bond donors (Lipinski definition) is 0. The molecule has 0 N–H and O–H groups in total. The number of benzene rings is 1. The standard InChI is InChI=1S/C21H31NO4/c1-15(2)17-10-8-16(9-11-17)14-25-19(23)18-7-6-12-22(13-18)20(24)26-21(3,4)5/h8-11,15,18H,6-7,12-14H2,1-5H3/t18-/m0/s1. The summed E-state index contributed by atoms with van der Waals surface area (Å²) in [6.45, 7) is 11.1. The summed E-state index contributed by atoms with van der Waals surface area (Å²) in [5, 5.41) is 0. The molecule has 5 heteroatoms. The highest BCUT2D eigenvalue weighted by Crippen LogP contribution is 2.21. The van der Waals surface area contributed by atoms with Crippen LogP contribution in [0.2, 0.25) is 0 Å². The Kier molecular flexibility index (Phi) is 6.68. The van der Waals surface area contributed by atoms with Crippen LogP contribution < -0.4 is 0 Å². The minimum atomic E-state index is -0.535. The van der Waals surface area contributed by atoms with Gasteiger partial charge in [0, 0.05) is 13.1 Å². The van der Waals surface area contributed by atoms with Crippen molar-refractivity contribution >= 4 is 12.1 Å². The van der Waals surface area contributed by atoms with Gasteiger partial charge in [-0.2, -0.15) is 0 Å². The van der Waals surface area contributed by atoms with Crippen molar-refractivity contribution in [3.63, 3.8) is 0 Å². The van der Waals surface area contributed by atoms with Crippen molar-refractivity contribution in [2.24, 2.45) is 5.92 Å². The average Bonchev–Trinajstić information content (AvgIpc) is 2.58. The Balaban J connectivity index is 1.85. The first-order valence-corrected chi connectivity index (χ1v) is 9.39. The van der Waals surface area contributed by atoms with Crippen molar-refractivity contribution in [1.29, 1.82) is 0 Å². The van der Waals surface area contributed by atoms with Gasteiger partial charge in [-0.3, -0.25) is 4.79 Å². The normalized spacial score (nSPS) is 17.9. The average molecular weight is 361 g/mol. The summed E-state index contributed by atoms with van der Waals surface area (Å²) in [7, 11) is 0. The van der Waals surface area contributed by atoms with E-state index in [-0.39, 0.29) is 24.6 Å². The summed E-state index contributed by atoms with van der Waals surface area (Å²) < 4.78 is 10.9. The van der Waals surface area contributed by atoms with E-state index in [1.165, 1.54) is 5.56 Å². The van der Waals surface area contributed by atoms with Crippen LogP contribution in [0.4, 0.5) is 4.79 Å². The molecule has 0 bridgehead atoms. The molecule has 1 atom stereocenters. The van der Waals surface area contributed by atoms with Crippen molar-refractivity contribution in [2.75, 3.05) is 13.1 Å². The Morgan fingerprint density at radius 3 is 2.42 bits per heavy atom. The molecule has 0 aromatic heterocycles. The lowest BCUT2D eigenvalue weighted by atomic mass is 9.98. The van der Waals surface area contributed by atoms with Gasteiger partial charge in [0.2, 0.25) is 0 Å². The van der Waals surface area contributed by atoms with Gasteiger partial charge < -0.3 is 14.4 Å². The fraction of sp³-hybridized carbons (Fsp3) is 0.619. The molecule has 0 saturated carbocycles. The molecule has 0 unspecified atom stereocenters. The van der Waals surface area contributed by atoms with Gasteiger partial charge in [-0.25, -0.2) is 4.79 Å². The Morgan fingerprint density at radius 1 is 1.19 bits per heavy atom. The van der Waals surface area contributed by atoms with Crippen molar-refractivity contribution in [2.45, 2.75) is 65.6 Å². The first kappa shape index (κ1) is 20.3. The summed E-state index contributed by atoms with van der Waals surface area (Å²) in [6, 6.07) is 8.13. The van der Waals surface area contributed by atoms with Crippen LogP contribution in [0, 0.1) is 5.92 Å². The second-order valence-corrected chi connectivity index (χ2v) is 8.27. The highest BCUT2D eigenvalue weighted by Gasteiger charge is 2.31. The van der Waals surface area contributed by atoms with Gasteiger partial charge in [-0.1, -0.05) is 38.1 Å². The summed E-state index contributed by atoms with van der Waals surface area (Å²) >= 11 is 0. The van der Waals surface area contributed by atoms with Gasteiger partial charge in [0.05, 0.1) is 5.92 Å². The molecule has 1 aromatic carbocycles. The van der Waals surface area contributed by atoms with Gasteiger partial charge in [-0.15, -0.1) is 0 Å². The minimum Gasteiger partial charge on any atom is -0.461 e. The van der Waals surface area contributed by atoms with Crippen LogP contribution in [-0.2, 0) is 20.9 Å². The van der Waals surface area contributed by atoms with Gasteiger partial charge >= 0.3 is 12.1 Å². The van der Waals surface area contributed by atoms with Gasteiger partial charge in [0.1, 0.15) is 12.2 Å². The van der Waals surface area contributed by atoms with E-state index in [4.69, 9.17) is 9.47 Å². The zero-order valence-electron chi connectivity index (χ0n) is 16.6. The molecule has 1 heterocycles. The third-order valence-corrected chi connectivity index (χ3v) is 4.43. The fourth-order valence-corrected chi connectivity index (χ4v) is 2.93. The Labute approximate surface area is 156 Å². The van der Waals surface area contributed by atoms with Crippen molar-refractivity contribution in [1.82, 2.24) is 4.90 Å². The number of esters is 1. The number of carbonyl (C=O) groups is 2. The van der Waals surface area contributed by atoms with E-state index < -0.39 is 5.60 Å². The molecule has 1 amide bonds. The molecule has 1 aliphatic heterocycles. The van der Waals surface area contributed by atoms with Gasteiger partial charge in [0.15, 0.2) is 0 Å². The molecule has 1 aliphatic rings. The lowest BCUT2D eigenvalue weighted by Crippen LogP contribution is -2.45. The number of hydrogen-bond acceptors (Lipinski definition) is 4. The topological polar surface area (TPSA) is 55.8 Å². The molecule has 1 fully saturated rings. The van der Waals surface area contributed by atoms with E-state index in [2.05, 4.69) is 26.0 Å². The molecule has 1 aromatic rings. The minimum absolute atomic E-state index is 0.244. The Morgan fingerprint density at radius 2 is 1.85 bits per heavy atom. The summed E-state index contributed by atoms with van der Waals surface area (Å²) in [5.41, 5.74) is 1.70. The maximum absolute atomic E-state index is 12.4. The maximum Gasteiger partial charge on any atom is 0.410 e. The number of ether oxygens (including phenoxy) is 2. The number of nitrogens with zero attached hydrogens (tertiary/aromatic N) is 1. The highest BCUT2D eigenvalue weighted by molar-refractivity contribution is 5.75. The molecule has 144 valence electrons. The molecule has 1 saturated heterocycles. The van der Waals surface area contributed by atoms with Crippen LogP contribution in [0.1, 0.15) is 64.5 Å². The number of rotatable bonds is 4. The second kappa shape index (κ2) is 8.56. The Hall–Kier alpha value is -2.04. The van der Waals surface area contributed by atoms with E-state index in [0.717, 1.165) is 18.4 Å². The number of piperidine rings is 1.